The number of hydrogen-bond donors (Lipinski definition) is 0. The third-order valence-electron chi connectivity index (χ3n) is 4.99. The normalized spacial score (nSPS) is 23.7. The van der Waals surface area contributed by atoms with Gasteiger partial charge in [-0.3, -0.25) is 14.5 Å². The highest BCUT2D eigenvalue weighted by Gasteiger charge is 2.48. The number of thiazole rings is 1. The first kappa shape index (κ1) is 17.0. The molecule has 6 heteroatoms. The Morgan fingerprint density at radius 2 is 1.88 bits per heavy atom. The van der Waals surface area contributed by atoms with Crippen molar-refractivity contribution < 1.29 is 9.59 Å². The topological polar surface area (TPSA) is 50.3 Å². The number of imide groups is 1. The maximum absolute atomic E-state index is 12.8. The Bertz CT molecular complexity index is 806. The standard InChI is InChI=1S/C19H22N2O2S2/c1-11(2)10-24-19-20-15-8-7-12(9-16(15)25-19)21-17(22)13-5-3-4-6-14(13)18(21)23/h7-9,11,13-14H,3-6,10H2,1-2H3/t13-,14-/m1/s1. The maximum Gasteiger partial charge on any atom is 0.237 e. The van der Waals surface area contributed by atoms with Gasteiger partial charge in [-0.2, -0.15) is 0 Å². The van der Waals surface area contributed by atoms with Crippen molar-refractivity contribution in [3.8, 4) is 0 Å². The van der Waals surface area contributed by atoms with Gasteiger partial charge in [-0.15, -0.1) is 11.3 Å². The lowest BCUT2D eigenvalue weighted by atomic mass is 9.81. The fraction of sp³-hybridized carbons (Fsp3) is 0.526. The molecule has 132 valence electrons. The van der Waals surface area contributed by atoms with Gasteiger partial charge < -0.3 is 0 Å². The van der Waals surface area contributed by atoms with Gasteiger partial charge in [0.05, 0.1) is 27.7 Å². The van der Waals surface area contributed by atoms with Crippen molar-refractivity contribution in [3.05, 3.63) is 18.2 Å². The molecule has 1 aliphatic heterocycles. The molecule has 0 unspecified atom stereocenters. The van der Waals surface area contributed by atoms with Crippen molar-refractivity contribution in [2.45, 2.75) is 43.9 Å². The Labute approximate surface area is 156 Å². The number of thioether (sulfide) groups is 1. The first-order valence-electron chi connectivity index (χ1n) is 8.96. The van der Waals surface area contributed by atoms with E-state index in [1.54, 1.807) is 23.1 Å². The molecule has 1 aromatic carbocycles. The first-order chi connectivity index (χ1) is 12.0. The van der Waals surface area contributed by atoms with Gasteiger partial charge in [0.25, 0.3) is 0 Å². The minimum atomic E-state index is -0.101. The number of anilines is 1. The molecule has 0 radical (unpaired) electrons. The molecule has 2 amide bonds. The highest BCUT2D eigenvalue weighted by molar-refractivity contribution is 8.01. The molecule has 2 aliphatic rings. The van der Waals surface area contributed by atoms with E-state index in [-0.39, 0.29) is 23.7 Å². The van der Waals surface area contributed by atoms with Crippen LogP contribution in [-0.2, 0) is 9.59 Å². The Hall–Kier alpha value is -1.40. The minimum absolute atomic E-state index is 0.00651. The molecule has 25 heavy (non-hydrogen) atoms. The van der Waals surface area contributed by atoms with E-state index in [1.807, 2.05) is 18.2 Å². The molecule has 1 saturated heterocycles. The van der Waals surface area contributed by atoms with E-state index in [0.29, 0.717) is 11.6 Å². The molecule has 0 bridgehead atoms. The monoisotopic (exact) mass is 374 g/mol. The van der Waals surface area contributed by atoms with Gasteiger partial charge in [-0.05, 0) is 37.0 Å². The molecule has 2 fully saturated rings. The summed E-state index contributed by atoms with van der Waals surface area (Å²) in [5.74, 6) is 1.45. The van der Waals surface area contributed by atoms with Crippen molar-refractivity contribution in [3.63, 3.8) is 0 Å². The highest BCUT2D eigenvalue weighted by atomic mass is 32.2. The molecule has 1 aromatic heterocycles. The van der Waals surface area contributed by atoms with E-state index < -0.39 is 0 Å². The predicted octanol–water partition coefficient (Wildman–Crippen LogP) is 4.72. The van der Waals surface area contributed by atoms with Crippen molar-refractivity contribution >= 4 is 50.8 Å². The van der Waals surface area contributed by atoms with Gasteiger partial charge in [0.15, 0.2) is 4.34 Å². The Kier molecular flexibility index (Phi) is 4.58. The average Bonchev–Trinajstić information content (AvgIpc) is 3.12. The molecule has 4 nitrogen and oxygen atoms in total. The lowest BCUT2D eigenvalue weighted by molar-refractivity contribution is -0.122. The van der Waals surface area contributed by atoms with Gasteiger partial charge in [-0.1, -0.05) is 38.5 Å². The SMILES string of the molecule is CC(C)CSc1nc2ccc(N3C(=O)[C@@H]4CCCC[C@H]4C3=O)cc2s1. The largest absolute Gasteiger partial charge is 0.274 e. The second-order valence-corrected chi connectivity index (χ2v) is 9.64. The smallest absolute Gasteiger partial charge is 0.237 e. The van der Waals surface area contributed by atoms with Crippen LogP contribution in [0.2, 0.25) is 0 Å². The third-order valence-corrected chi connectivity index (χ3v) is 7.58. The summed E-state index contributed by atoms with van der Waals surface area (Å²) in [5, 5.41) is 0. The summed E-state index contributed by atoms with van der Waals surface area (Å²) in [6.45, 7) is 4.39. The van der Waals surface area contributed by atoms with E-state index in [9.17, 15) is 9.59 Å². The van der Waals surface area contributed by atoms with Crippen molar-refractivity contribution in [1.29, 1.82) is 0 Å². The van der Waals surface area contributed by atoms with E-state index in [2.05, 4.69) is 18.8 Å². The molecular formula is C19H22N2O2S2. The van der Waals surface area contributed by atoms with E-state index in [1.165, 1.54) is 4.90 Å². The van der Waals surface area contributed by atoms with Crippen LogP contribution in [0.1, 0.15) is 39.5 Å². The predicted molar refractivity (Wildman–Crippen MR) is 103 cm³/mol. The molecule has 1 saturated carbocycles. The summed E-state index contributed by atoms with van der Waals surface area (Å²) in [6.07, 6.45) is 3.81. The number of amides is 2. The zero-order valence-electron chi connectivity index (χ0n) is 14.5. The Balaban J connectivity index is 1.63. The van der Waals surface area contributed by atoms with Crippen molar-refractivity contribution in [2.24, 2.45) is 17.8 Å². The van der Waals surface area contributed by atoms with Crippen LogP contribution in [0.15, 0.2) is 22.5 Å². The molecule has 0 N–H and O–H groups in total. The maximum atomic E-state index is 12.8. The fourth-order valence-corrected chi connectivity index (χ4v) is 5.83. The van der Waals surface area contributed by atoms with Crippen LogP contribution < -0.4 is 4.90 Å². The summed E-state index contributed by atoms with van der Waals surface area (Å²) in [5.41, 5.74) is 1.65. The molecule has 0 spiro atoms. The zero-order chi connectivity index (χ0) is 17.6. The molecule has 4 rings (SSSR count). The number of benzene rings is 1. The van der Waals surface area contributed by atoms with Gasteiger partial charge >= 0.3 is 0 Å². The summed E-state index contributed by atoms with van der Waals surface area (Å²) >= 11 is 3.41. The van der Waals surface area contributed by atoms with Crippen LogP contribution in [0, 0.1) is 17.8 Å². The molecule has 2 heterocycles. The number of nitrogens with zero attached hydrogens (tertiary/aromatic N) is 2. The summed E-state index contributed by atoms with van der Waals surface area (Å²) in [4.78, 5) is 31.6. The quantitative estimate of drug-likeness (QED) is 0.574. The lowest BCUT2D eigenvalue weighted by Gasteiger charge is -2.19. The first-order valence-corrected chi connectivity index (χ1v) is 10.8. The number of carbonyl (C=O) groups is 2. The summed E-state index contributed by atoms with van der Waals surface area (Å²) < 4.78 is 2.09. The Morgan fingerprint density at radius 3 is 2.52 bits per heavy atom. The second kappa shape index (κ2) is 6.72. The lowest BCUT2D eigenvalue weighted by Crippen LogP contribution is -2.30. The van der Waals surface area contributed by atoms with Crippen LogP contribution in [0.5, 0.6) is 0 Å². The number of fused-ring (bicyclic) bond motifs is 2. The van der Waals surface area contributed by atoms with Gasteiger partial charge in [-0.25, -0.2) is 4.98 Å². The van der Waals surface area contributed by atoms with Gasteiger partial charge in [0.2, 0.25) is 11.8 Å². The van der Waals surface area contributed by atoms with Crippen LogP contribution in [0.25, 0.3) is 10.2 Å². The van der Waals surface area contributed by atoms with Crippen molar-refractivity contribution in [2.75, 3.05) is 10.7 Å². The summed E-state index contributed by atoms with van der Waals surface area (Å²) in [6, 6.07) is 5.76. The highest BCUT2D eigenvalue weighted by Crippen LogP contribution is 2.41. The van der Waals surface area contributed by atoms with Crippen LogP contribution in [0.3, 0.4) is 0 Å². The average molecular weight is 375 g/mol. The Morgan fingerprint density at radius 1 is 1.20 bits per heavy atom. The fourth-order valence-electron chi connectivity index (χ4n) is 3.75. The van der Waals surface area contributed by atoms with Gasteiger partial charge in [0.1, 0.15) is 0 Å². The van der Waals surface area contributed by atoms with E-state index in [4.69, 9.17) is 0 Å². The summed E-state index contributed by atoms with van der Waals surface area (Å²) in [7, 11) is 0. The van der Waals surface area contributed by atoms with Crippen molar-refractivity contribution in [1.82, 2.24) is 4.98 Å². The van der Waals surface area contributed by atoms with Crippen LogP contribution in [0.4, 0.5) is 5.69 Å². The number of rotatable bonds is 4. The second-order valence-electron chi connectivity index (χ2n) is 7.35. The number of carbonyl (C=O) groups excluding carboxylic acids is 2. The minimum Gasteiger partial charge on any atom is -0.274 e. The van der Waals surface area contributed by atoms with Crippen LogP contribution >= 0.6 is 23.1 Å². The third kappa shape index (κ3) is 3.10. The van der Waals surface area contributed by atoms with E-state index >= 15 is 0 Å². The zero-order valence-corrected chi connectivity index (χ0v) is 16.2. The van der Waals surface area contributed by atoms with Crippen LogP contribution in [-0.4, -0.2) is 22.6 Å². The molecular weight excluding hydrogens is 352 g/mol. The number of hydrogen-bond acceptors (Lipinski definition) is 5. The molecule has 2 atom stereocenters. The molecule has 2 aromatic rings. The molecule has 1 aliphatic carbocycles. The van der Waals surface area contributed by atoms with Gasteiger partial charge in [0, 0.05) is 5.75 Å². The number of aromatic nitrogens is 1. The van der Waals surface area contributed by atoms with E-state index in [0.717, 1.165) is 46.0 Å².